The molecule has 13 heavy (non-hydrogen) atoms. The Morgan fingerprint density at radius 2 is 2.38 bits per heavy atom. The minimum Gasteiger partial charge on any atom is -0.383 e. The van der Waals surface area contributed by atoms with Crippen LogP contribution in [0.25, 0.3) is 0 Å². The summed E-state index contributed by atoms with van der Waals surface area (Å²) in [5.41, 5.74) is 0. The van der Waals surface area contributed by atoms with E-state index in [1.54, 1.807) is 7.11 Å². The molecule has 76 valence electrons. The molecule has 0 aromatic carbocycles. The van der Waals surface area contributed by atoms with Gasteiger partial charge < -0.3 is 10.1 Å². The molecule has 0 radical (unpaired) electrons. The predicted molar refractivity (Wildman–Crippen MR) is 53.8 cm³/mol. The first-order valence-electron chi connectivity index (χ1n) is 4.63. The van der Waals surface area contributed by atoms with E-state index in [0.717, 1.165) is 19.4 Å². The second kappa shape index (κ2) is 9.42. The SMILES string of the molecule is C=CCCCC(=O)CNCCOC. The number of allylic oxidation sites excluding steroid dienone is 1. The molecule has 0 fully saturated rings. The molecule has 0 atom stereocenters. The van der Waals surface area contributed by atoms with Gasteiger partial charge in [-0.25, -0.2) is 0 Å². The van der Waals surface area contributed by atoms with Crippen LogP contribution in [0.4, 0.5) is 0 Å². The molecule has 0 saturated heterocycles. The Morgan fingerprint density at radius 3 is 3.00 bits per heavy atom. The van der Waals surface area contributed by atoms with E-state index in [0.29, 0.717) is 19.6 Å². The lowest BCUT2D eigenvalue weighted by Crippen LogP contribution is -2.26. The maximum Gasteiger partial charge on any atom is 0.146 e. The summed E-state index contributed by atoms with van der Waals surface area (Å²) >= 11 is 0. The van der Waals surface area contributed by atoms with E-state index in [9.17, 15) is 4.79 Å². The predicted octanol–water partition coefficient (Wildman–Crippen LogP) is 1.15. The summed E-state index contributed by atoms with van der Waals surface area (Å²) < 4.78 is 4.84. The number of carbonyl (C=O) groups excluding carboxylic acids is 1. The molecular formula is C10H19NO2. The number of unbranched alkanes of at least 4 members (excludes halogenated alkanes) is 1. The van der Waals surface area contributed by atoms with Gasteiger partial charge in [-0.05, 0) is 12.8 Å². The van der Waals surface area contributed by atoms with Crippen molar-refractivity contribution in [1.82, 2.24) is 5.32 Å². The molecule has 1 N–H and O–H groups in total. The van der Waals surface area contributed by atoms with E-state index < -0.39 is 0 Å². The number of methoxy groups -OCH3 is 1. The second-order valence-electron chi connectivity index (χ2n) is 2.89. The Labute approximate surface area is 80.2 Å². The molecule has 0 amide bonds. The maximum atomic E-state index is 11.1. The fourth-order valence-corrected chi connectivity index (χ4v) is 0.934. The van der Waals surface area contributed by atoms with Gasteiger partial charge in [-0.2, -0.15) is 0 Å². The number of ether oxygens (including phenoxy) is 1. The zero-order valence-corrected chi connectivity index (χ0v) is 8.34. The third kappa shape index (κ3) is 9.24. The Morgan fingerprint density at radius 1 is 1.62 bits per heavy atom. The van der Waals surface area contributed by atoms with E-state index in [1.165, 1.54) is 0 Å². The third-order valence-electron chi connectivity index (χ3n) is 1.67. The maximum absolute atomic E-state index is 11.1. The number of hydrogen-bond acceptors (Lipinski definition) is 3. The van der Waals surface area contributed by atoms with E-state index >= 15 is 0 Å². The zero-order valence-electron chi connectivity index (χ0n) is 8.34. The molecule has 0 heterocycles. The van der Waals surface area contributed by atoms with Crippen molar-refractivity contribution in [1.29, 1.82) is 0 Å². The molecule has 3 heteroatoms. The van der Waals surface area contributed by atoms with Crippen molar-refractivity contribution in [2.24, 2.45) is 0 Å². The third-order valence-corrected chi connectivity index (χ3v) is 1.67. The minimum atomic E-state index is 0.262. The van der Waals surface area contributed by atoms with Crippen molar-refractivity contribution in [2.75, 3.05) is 26.8 Å². The molecule has 0 saturated carbocycles. The van der Waals surface area contributed by atoms with Crippen LogP contribution in [0.1, 0.15) is 19.3 Å². The highest BCUT2D eigenvalue weighted by Gasteiger charge is 1.99. The van der Waals surface area contributed by atoms with E-state index in [4.69, 9.17) is 4.74 Å². The molecular weight excluding hydrogens is 166 g/mol. The lowest BCUT2D eigenvalue weighted by Gasteiger charge is -2.02. The fourth-order valence-electron chi connectivity index (χ4n) is 0.934. The van der Waals surface area contributed by atoms with Gasteiger partial charge >= 0.3 is 0 Å². The number of hydrogen-bond donors (Lipinski definition) is 1. The molecule has 0 aromatic rings. The van der Waals surface area contributed by atoms with Gasteiger partial charge in [-0.15, -0.1) is 6.58 Å². The molecule has 0 aliphatic rings. The quantitative estimate of drug-likeness (QED) is 0.432. The zero-order chi connectivity index (χ0) is 9.94. The summed E-state index contributed by atoms with van der Waals surface area (Å²) in [5, 5.41) is 3.01. The molecule has 0 spiro atoms. The van der Waals surface area contributed by atoms with Crippen LogP contribution >= 0.6 is 0 Å². The summed E-state index contributed by atoms with van der Waals surface area (Å²) in [7, 11) is 1.65. The van der Waals surface area contributed by atoms with Crippen molar-refractivity contribution in [2.45, 2.75) is 19.3 Å². The van der Waals surface area contributed by atoms with Crippen LogP contribution in [-0.2, 0) is 9.53 Å². The summed E-state index contributed by atoms with van der Waals surface area (Å²) in [5.74, 6) is 0.262. The van der Waals surface area contributed by atoms with Crippen LogP contribution < -0.4 is 5.32 Å². The lowest BCUT2D eigenvalue weighted by atomic mass is 10.2. The normalized spacial score (nSPS) is 9.92. The first kappa shape index (κ1) is 12.3. The standard InChI is InChI=1S/C10H19NO2/c1-3-4-5-6-10(12)9-11-7-8-13-2/h3,11H,1,4-9H2,2H3. The summed E-state index contributed by atoms with van der Waals surface area (Å²) in [6, 6.07) is 0. The van der Waals surface area contributed by atoms with Crippen LogP contribution in [0.2, 0.25) is 0 Å². The van der Waals surface area contributed by atoms with Gasteiger partial charge in [0, 0.05) is 20.1 Å². The number of nitrogens with one attached hydrogen (secondary N) is 1. The Bertz CT molecular complexity index is 146. The van der Waals surface area contributed by atoms with Gasteiger partial charge in [0.15, 0.2) is 0 Å². The van der Waals surface area contributed by atoms with Crippen molar-refractivity contribution in [3.8, 4) is 0 Å². The Kier molecular flexibility index (Phi) is 8.93. The Hall–Kier alpha value is -0.670. The fraction of sp³-hybridized carbons (Fsp3) is 0.700. The number of carbonyl (C=O) groups is 1. The average Bonchev–Trinajstić information content (AvgIpc) is 2.13. The average molecular weight is 185 g/mol. The molecule has 0 bridgehead atoms. The van der Waals surface area contributed by atoms with Crippen LogP contribution in [-0.4, -0.2) is 32.6 Å². The van der Waals surface area contributed by atoms with Gasteiger partial charge in [0.25, 0.3) is 0 Å². The molecule has 0 aliphatic carbocycles. The van der Waals surface area contributed by atoms with Crippen LogP contribution in [0.3, 0.4) is 0 Å². The smallest absolute Gasteiger partial charge is 0.146 e. The first-order chi connectivity index (χ1) is 6.31. The number of rotatable bonds is 9. The summed E-state index contributed by atoms with van der Waals surface area (Å²) in [4.78, 5) is 11.1. The van der Waals surface area contributed by atoms with Crippen LogP contribution in [0, 0.1) is 0 Å². The monoisotopic (exact) mass is 185 g/mol. The highest BCUT2D eigenvalue weighted by Crippen LogP contribution is 1.95. The van der Waals surface area contributed by atoms with E-state index in [1.807, 2.05) is 6.08 Å². The van der Waals surface area contributed by atoms with Gasteiger partial charge in [0.05, 0.1) is 13.2 Å². The van der Waals surface area contributed by atoms with Crippen molar-refractivity contribution in [3.63, 3.8) is 0 Å². The molecule has 3 nitrogen and oxygen atoms in total. The minimum absolute atomic E-state index is 0.262. The van der Waals surface area contributed by atoms with Crippen molar-refractivity contribution < 1.29 is 9.53 Å². The van der Waals surface area contributed by atoms with Crippen molar-refractivity contribution >= 4 is 5.78 Å². The largest absolute Gasteiger partial charge is 0.383 e. The van der Waals surface area contributed by atoms with Gasteiger partial charge in [-0.1, -0.05) is 6.08 Å². The molecule has 0 rings (SSSR count). The lowest BCUT2D eigenvalue weighted by molar-refractivity contribution is -0.118. The highest BCUT2D eigenvalue weighted by molar-refractivity contribution is 5.80. The Balaban J connectivity index is 3.15. The van der Waals surface area contributed by atoms with E-state index in [-0.39, 0.29) is 5.78 Å². The summed E-state index contributed by atoms with van der Waals surface area (Å²) in [6.45, 7) is 5.45. The topological polar surface area (TPSA) is 38.3 Å². The number of Topliss-reactive ketones (excluding diaryl/α,β-unsaturated/α-hetero) is 1. The van der Waals surface area contributed by atoms with Crippen LogP contribution in [0.15, 0.2) is 12.7 Å². The molecule has 0 aliphatic heterocycles. The van der Waals surface area contributed by atoms with Crippen LogP contribution in [0.5, 0.6) is 0 Å². The summed E-state index contributed by atoms with van der Waals surface area (Å²) in [6.07, 6.45) is 4.32. The first-order valence-corrected chi connectivity index (χ1v) is 4.63. The highest BCUT2D eigenvalue weighted by atomic mass is 16.5. The van der Waals surface area contributed by atoms with Crippen molar-refractivity contribution in [3.05, 3.63) is 12.7 Å². The molecule has 0 aromatic heterocycles. The molecule has 0 unspecified atom stereocenters. The van der Waals surface area contributed by atoms with E-state index in [2.05, 4.69) is 11.9 Å². The number of ketones is 1. The van der Waals surface area contributed by atoms with Gasteiger partial charge in [-0.3, -0.25) is 4.79 Å². The van der Waals surface area contributed by atoms with Gasteiger partial charge in [0.1, 0.15) is 5.78 Å². The second-order valence-corrected chi connectivity index (χ2v) is 2.89. The van der Waals surface area contributed by atoms with Gasteiger partial charge in [0.2, 0.25) is 0 Å².